The van der Waals surface area contributed by atoms with E-state index in [0.29, 0.717) is 19.4 Å². The smallest absolute Gasteiger partial charge is 0.338 e. The summed E-state index contributed by atoms with van der Waals surface area (Å²) in [7, 11) is 1.25. The van der Waals surface area contributed by atoms with E-state index >= 15 is 0 Å². The second-order valence-corrected chi connectivity index (χ2v) is 8.94. The second kappa shape index (κ2) is 13.2. The lowest BCUT2D eigenvalue weighted by Crippen LogP contribution is -2.78. The summed E-state index contributed by atoms with van der Waals surface area (Å²) in [6.07, 6.45) is 2.48. The molecule has 0 bridgehead atoms. The van der Waals surface area contributed by atoms with Gasteiger partial charge in [0.1, 0.15) is 12.6 Å². The van der Waals surface area contributed by atoms with Gasteiger partial charge in [-0.05, 0) is 41.5 Å². The molecule has 0 saturated heterocycles. The molecule has 9 heteroatoms. The van der Waals surface area contributed by atoms with Gasteiger partial charge in [-0.25, -0.2) is 4.79 Å². The fourth-order valence-corrected chi connectivity index (χ4v) is 4.60. The molecule has 37 heavy (non-hydrogen) atoms. The van der Waals surface area contributed by atoms with Gasteiger partial charge in [-0.2, -0.15) is 0 Å². The molecule has 1 aliphatic carbocycles. The molecule has 196 valence electrons. The molecule has 2 aromatic rings. The summed E-state index contributed by atoms with van der Waals surface area (Å²) < 4.78 is 10.5. The molecule has 3 rings (SSSR count). The first kappa shape index (κ1) is 27.4. The van der Waals surface area contributed by atoms with Crippen molar-refractivity contribution in [2.75, 3.05) is 20.3 Å². The number of carbonyl (C=O) groups is 3. The highest BCUT2D eigenvalue weighted by Gasteiger charge is 2.31. The van der Waals surface area contributed by atoms with Crippen molar-refractivity contribution in [2.24, 2.45) is 17.4 Å². The number of guanidine groups is 1. The Labute approximate surface area is 216 Å². The molecule has 0 heterocycles. The Morgan fingerprint density at radius 3 is 2.27 bits per heavy atom. The molecule has 2 atom stereocenters. The molecule has 0 unspecified atom stereocenters. The molecule has 0 aliphatic heterocycles. The van der Waals surface area contributed by atoms with Gasteiger partial charge in [-0.3, -0.25) is 26.0 Å². The maximum atomic E-state index is 13.1. The fraction of sp³-hybridized carbons (Fsp3) is 0.357. The Morgan fingerprint density at radius 1 is 1.08 bits per heavy atom. The zero-order valence-electron chi connectivity index (χ0n) is 21.1. The van der Waals surface area contributed by atoms with E-state index in [9.17, 15) is 14.4 Å². The van der Waals surface area contributed by atoms with Gasteiger partial charge < -0.3 is 14.8 Å². The second-order valence-electron chi connectivity index (χ2n) is 8.94. The van der Waals surface area contributed by atoms with Gasteiger partial charge in [0.25, 0.3) is 0 Å². The average molecular weight is 508 g/mol. The zero-order chi connectivity index (χ0) is 26.8. The summed E-state index contributed by atoms with van der Waals surface area (Å²) in [4.78, 5) is 40.8. The molecular weight excluding hydrogens is 472 g/mol. The first-order valence-electron chi connectivity index (χ1n) is 12.3. The third-order valence-corrected chi connectivity index (χ3v) is 6.42. The molecule has 2 aromatic carbocycles. The number of hydrogen-bond acceptors (Lipinski definition) is 5. The number of nitrogens with one attached hydrogen (secondary N) is 2. The summed E-state index contributed by atoms with van der Waals surface area (Å²) in [5.41, 5.74) is 15.4. The summed E-state index contributed by atoms with van der Waals surface area (Å²) >= 11 is 0. The summed E-state index contributed by atoms with van der Waals surface area (Å²) in [5.74, 6) is -2.22. The molecule has 0 saturated carbocycles. The predicted octanol–water partition coefficient (Wildman–Crippen LogP) is 0.717. The number of carbonyl (C=O) groups excluding carboxylic acids is 3. The first-order valence-corrected chi connectivity index (χ1v) is 12.3. The largest absolute Gasteiger partial charge is 0.467 e. The van der Waals surface area contributed by atoms with Crippen LogP contribution >= 0.6 is 0 Å². The number of amides is 1. The topological polar surface area (TPSA) is 148 Å². The van der Waals surface area contributed by atoms with Crippen LogP contribution in [0.2, 0.25) is 0 Å². The third-order valence-electron chi connectivity index (χ3n) is 6.42. The highest BCUT2D eigenvalue weighted by atomic mass is 16.5. The van der Waals surface area contributed by atoms with Crippen molar-refractivity contribution in [1.82, 2.24) is 5.32 Å². The minimum atomic E-state index is -0.883. The van der Waals surface area contributed by atoms with Gasteiger partial charge in [-0.1, -0.05) is 54.6 Å². The Bertz CT molecular complexity index is 1110. The van der Waals surface area contributed by atoms with Gasteiger partial charge in [0.2, 0.25) is 5.91 Å². The molecule has 0 fully saturated rings. The molecule has 1 aliphatic rings. The van der Waals surface area contributed by atoms with Crippen molar-refractivity contribution in [3.8, 4) is 11.1 Å². The lowest BCUT2D eigenvalue weighted by Gasteiger charge is -2.21. The van der Waals surface area contributed by atoms with Crippen LogP contribution in [0.25, 0.3) is 11.1 Å². The summed E-state index contributed by atoms with van der Waals surface area (Å²) in [6, 6.07) is 15.3. The number of benzene rings is 2. The summed E-state index contributed by atoms with van der Waals surface area (Å²) in [5, 5.41) is 2.68. The van der Waals surface area contributed by atoms with Crippen LogP contribution in [-0.4, -0.2) is 50.1 Å². The molecule has 0 radical (unpaired) electrons. The van der Waals surface area contributed by atoms with E-state index in [0.717, 1.165) is 22.3 Å². The van der Waals surface area contributed by atoms with Crippen LogP contribution in [0.4, 0.5) is 0 Å². The van der Waals surface area contributed by atoms with Crippen LogP contribution in [0, 0.1) is 5.92 Å². The lowest BCUT2D eigenvalue weighted by molar-refractivity contribution is -0.459. The molecule has 0 spiro atoms. The Morgan fingerprint density at radius 2 is 1.70 bits per heavy atom. The van der Waals surface area contributed by atoms with Crippen LogP contribution in [0.5, 0.6) is 0 Å². The average Bonchev–Trinajstić information content (AvgIpc) is 3.22. The molecule has 9 nitrogen and oxygen atoms in total. The third kappa shape index (κ3) is 7.19. The molecule has 0 aromatic heterocycles. The van der Waals surface area contributed by atoms with Crippen molar-refractivity contribution in [3.05, 3.63) is 72.3 Å². The lowest BCUT2D eigenvalue weighted by atomic mass is 9.97. The van der Waals surface area contributed by atoms with Crippen LogP contribution in [0.15, 0.2) is 61.2 Å². The van der Waals surface area contributed by atoms with Crippen LogP contribution in [0.3, 0.4) is 0 Å². The summed E-state index contributed by atoms with van der Waals surface area (Å²) in [6.45, 7) is 4.23. The van der Waals surface area contributed by atoms with Gasteiger partial charge >= 0.3 is 17.9 Å². The number of nitrogens with two attached hydrogens (primary N) is 2. The number of methoxy groups -OCH3 is 1. The number of hydrogen-bond donors (Lipinski definition) is 4. The van der Waals surface area contributed by atoms with Crippen LogP contribution in [-0.2, 0) is 23.9 Å². The molecule has 1 amide bonds. The maximum Gasteiger partial charge on any atom is 0.338 e. The van der Waals surface area contributed by atoms with E-state index in [-0.39, 0.29) is 31.3 Å². The van der Waals surface area contributed by atoms with Crippen molar-refractivity contribution in [3.63, 3.8) is 0 Å². The normalized spacial score (nSPS) is 13.4. The van der Waals surface area contributed by atoms with Gasteiger partial charge in [0.05, 0.1) is 20.1 Å². The number of ether oxygens (including phenoxy) is 2. The first-order chi connectivity index (χ1) is 17.8. The van der Waals surface area contributed by atoms with Crippen molar-refractivity contribution in [2.45, 2.75) is 37.6 Å². The number of esters is 2. The zero-order valence-corrected chi connectivity index (χ0v) is 21.1. The van der Waals surface area contributed by atoms with Crippen molar-refractivity contribution >= 4 is 23.8 Å². The van der Waals surface area contributed by atoms with Gasteiger partial charge in [0, 0.05) is 11.8 Å². The number of rotatable bonds is 13. The highest BCUT2D eigenvalue weighted by Crippen LogP contribution is 2.44. The van der Waals surface area contributed by atoms with E-state index < -0.39 is 29.8 Å². The monoisotopic (exact) mass is 507 g/mol. The number of fused-ring (bicyclic) bond motifs is 3. The van der Waals surface area contributed by atoms with E-state index in [1.54, 1.807) is 0 Å². The minimum Gasteiger partial charge on any atom is -0.467 e. The van der Waals surface area contributed by atoms with Crippen molar-refractivity contribution in [1.29, 1.82) is 0 Å². The quantitative estimate of drug-likeness (QED) is 0.103. The van der Waals surface area contributed by atoms with E-state index in [4.69, 9.17) is 20.9 Å². The molecular formula is C28H35N4O5+. The molecule has 6 N–H and O–H groups in total. The SMILES string of the molecule is C=CC[C@H](NC(=O)[C@@H](CCC[NH+]=C(N)N)CC(=O)OCC1c2ccccc2-c2ccccc21)C(=O)OC. The predicted molar refractivity (Wildman–Crippen MR) is 140 cm³/mol. The maximum absolute atomic E-state index is 13.1. The highest BCUT2D eigenvalue weighted by molar-refractivity contribution is 5.88. The Hall–Kier alpha value is -4.14. The van der Waals surface area contributed by atoms with Gasteiger partial charge in [-0.15, -0.1) is 6.58 Å². The Kier molecular flexibility index (Phi) is 9.83. The Balaban J connectivity index is 1.67. The fourth-order valence-electron chi connectivity index (χ4n) is 4.60. The standard InChI is InChI=1S/C28H34N4O5/c1-3-9-24(27(35)36-2)32-26(34)18(10-8-15-31-28(29)30)16-25(33)37-17-23-21-13-6-4-11-19(21)20-12-5-7-14-22(20)23/h3-7,11-14,18,23-24H,1,8-10,15-17H2,2H3,(H,32,34)(H4,29,30,31)/p+1/t18-,24-/m0/s1. The van der Waals surface area contributed by atoms with Crippen LogP contribution in [0.1, 0.15) is 42.7 Å². The van der Waals surface area contributed by atoms with E-state index in [1.165, 1.54) is 13.2 Å². The van der Waals surface area contributed by atoms with Gasteiger partial charge in [0.15, 0.2) is 0 Å². The minimum absolute atomic E-state index is 0.0767. The van der Waals surface area contributed by atoms with E-state index in [1.807, 2.05) is 36.4 Å². The van der Waals surface area contributed by atoms with Crippen LogP contribution < -0.4 is 21.8 Å². The van der Waals surface area contributed by atoms with E-state index in [2.05, 4.69) is 29.0 Å². The van der Waals surface area contributed by atoms with Crippen molar-refractivity contribution < 1.29 is 28.8 Å².